The Morgan fingerprint density at radius 3 is 1.00 bits per heavy atom. The number of aryl methyl sites for hydroxylation is 2. The number of hydrogen-bond acceptors (Lipinski definition) is 0. The molecule has 7 heteroatoms. The van der Waals surface area contributed by atoms with Crippen molar-refractivity contribution in [1.29, 1.82) is 0 Å². The van der Waals surface area contributed by atoms with Crippen LogP contribution in [0.4, 0.5) is 30.7 Å². The van der Waals surface area contributed by atoms with Crippen LogP contribution in [0, 0.1) is 54.6 Å². The van der Waals surface area contributed by atoms with Crippen LogP contribution in [0.25, 0.3) is 0 Å². The molecule has 0 aliphatic rings. The maximum atomic E-state index is 12.9. The van der Waals surface area contributed by atoms with Crippen LogP contribution in [0.5, 0.6) is 0 Å². The Hall–Kier alpha value is -5.95. The molecular weight excluding hydrogens is 974 g/mol. The standard InChI is InChI=1S/C10H13F.C10H14.2C9H10F2.2C9H11F.C9H12.5CH4/c1-7(2)9-4-8(3)5-10(11)6-9;1-8(2)10-6-4-9(3)5-7-10;1-6(2)9-7(10)4-3-5-8(9)11;1-6(2)7-4-3-5-8(10)9(7)11;1-7(2)8-4-3-5-9(10)6-8;1-7(2)8-5-3-4-6-9(8)10;1-8(2)9-6-4-3-5-7-9;;;;;/h4-7H,1-3H3;4-8H,1-3H3;2*3-6H,1-2H3;2*3-7H,1-2H3;3-8H,1-2H3;5*1H4. The van der Waals surface area contributed by atoms with Gasteiger partial charge in [-0.15, -0.1) is 0 Å². The van der Waals surface area contributed by atoms with Crippen molar-refractivity contribution in [3.63, 3.8) is 0 Å². The maximum Gasteiger partial charge on any atom is 0.162 e. The Morgan fingerprint density at radius 1 is 0.260 bits per heavy atom. The minimum Gasteiger partial charge on any atom is -0.207 e. The van der Waals surface area contributed by atoms with E-state index in [1.165, 1.54) is 53.1 Å². The molecule has 0 heterocycles. The van der Waals surface area contributed by atoms with E-state index in [9.17, 15) is 30.7 Å². The van der Waals surface area contributed by atoms with Crippen molar-refractivity contribution in [2.24, 2.45) is 0 Å². The zero-order chi connectivity index (χ0) is 54.7. The van der Waals surface area contributed by atoms with E-state index >= 15 is 0 Å². The van der Waals surface area contributed by atoms with Crippen molar-refractivity contribution in [1.82, 2.24) is 0 Å². The van der Waals surface area contributed by atoms with Crippen molar-refractivity contribution >= 4 is 0 Å². The van der Waals surface area contributed by atoms with Crippen LogP contribution in [0.3, 0.4) is 0 Å². The molecule has 0 aliphatic carbocycles. The highest BCUT2D eigenvalue weighted by atomic mass is 19.2. The van der Waals surface area contributed by atoms with Gasteiger partial charge in [-0.05, 0) is 143 Å². The van der Waals surface area contributed by atoms with Crippen LogP contribution in [0.2, 0.25) is 0 Å². The first-order valence-corrected chi connectivity index (χ1v) is 25.0. The highest BCUT2D eigenvalue weighted by Crippen LogP contribution is 2.23. The molecule has 0 amide bonds. The Morgan fingerprint density at radius 2 is 0.636 bits per heavy atom. The SMILES string of the molecule is C.C.C.C.C.CC(C)c1c(F)cccc1F.CC(C)c1cccc(F)c1.CC(C)c1cccc(F)c1F.CC(C)c1ccccc1.CC(C)c1ccccc1F.Cc1cc(F)cc(C(C)C)c1.Cc1ccc(C(C)C)cc1. The quantitative estimate of drug-likeness (QED) is 0.140. The first-order chi connectivity index (χ1) is 33.8. The van der Waals surface area contributed by atoms with E-state index in [1.54, 1.807) is 50.2 Å². The molecule has 0 unspecified atom stereocenters. The zero-order valence-electron chi connectivity index (χ0n) is 45.7. The zero-order valence-corrected chi connectivity index (χ0v) is 45.7. The molecule has 430 valence electrons. The first-order valence-electron chi connectivity index (χ1n) is 25.0. The lowest BCUT2D eigenvalue weighted by Gasteiger charge is -2.06. The Kier molecular flexibility index (Phi) is 43.7. The fraction of sp³-hybridized carbons (Fsp3) is 0.400. The van der Waals surface area contributed by atoms with E-state index in [4.69, 9.17) is 0 Å². The summed E-state index contributed by atoms with van der Waals surface area (Å²) in [5, 5.41) is 0. The van der Waals surface area contributed by atoms with E-state index in [0.29, 0.717) is 29.2 Å². The average molecular weight is 1080 g/mol. The fourth-order valence-electron chi connectivity index (χ4n) is 6.72. The third kappa shape index (κ3) is 31.8. The van der Waals surface area contributed by atoms with E-state index in [1.807, 2.05) is 65.0 Å². The average Bonchev–Trinajstić information content (AvgIpc) is 3.31. The van der Waals surface area contributed by atoms with Crippen molar-refractivity contribution in [2.45, 2.75) is 189 Å². The Bertz CT molecular complexity index is 2520. The number of rotatable bonds is 7. The lowest BCUT2D eigenvalue weighted by atomic mass is 10.0. The Labute approximate surface area is 466 Å². The molecule has 7 aromatic rings. The molecule has 7 aromatic carbocycles. The van der Waals surface area contributed by atoms with E-state index in [2.05, 4.69) is 111 Å². The summed E-state index contributed by atoms with van der Waals surface area (Å²) < 4.78 is 89.3. The molecule has 0 fully saturated rings. The van der Waals surface area contributed by atoms with E-state index < -0.39 is 23.3 Å². The molecule has 0 bridgehead atoms. The summed E-state index contributed by atoms with van der Waals surface area (Å²) in [5.74, 6) is -0.439. The van der Waals surface area contributed by atoms with Gasteiger partial charge in [0.2, 0.25) is 0 Å². The van der Waals surface area contributed by atoms with Crippen molar-refractivity contribution < 1.29 is 30.7 Å². The van der Waals surface area contributed by atoms with Gasteiger partial charge in [-0.3, -0.25) is 0 Å². The van der Waals surface area contributed by atoms with Crippen LogP contribution in [-0.4, -0.2) is 0 Å². The summed E-state index contributed by atoms with van der Waals surface area (Å²) >= 11 is 0. The van der Waals surface area contributed by atoms with Gasteiger partial charge < -0.3 is 0 Å². The largest absolute Gasteiger partial charge is 0.207 e. The van der Waals surface area contributed by atoms with Gasteiger partial charge in [0.15, 0.2) is 11.6 Å². The van der Waals surface area contributed by atoms with Gasteiger partial charge in [-0.2, -0.15) is 0 Å². The van der Waals surface area contributed by atoms with Crippen molar-refractivity contribution in [3.8, 4) is 0 Å². The molecule has 77 heavy (non-hydrogen) atoms. The van der Waals surface area contributed by atoms with Crippen LogP contribution < -0.4 is 0 Å². The van der Waals surface area contributed by atoms with Gasteiger partial charge in [-0.1, -0.05) is 249 Å². The van der Waals surface area contributed by atoms with Gasteiger partial charge in [0, 0.05) is 5.56 Å². The summed E-state index contributed by atoms with van der Waals surface area (Å²) in [5.41, 5.74) is 8.70. The highest BCUT2D eigenvalue weighted by molar-refractivity contribution is 5.27. The third-order valence-corrected chi connectivity index (χ3v) is 11.2. The maximum absolute atomic E-state index is 12.9. The lowest BCUT2D eigenvalue weighted by Crippen LogP contribution is -1.96. The third-order valence-electron chi connectivity index (χ3n) is 11.2. The van der Waals surface area contributed by atoms with Crippen LogP contribution in [0.15, 0.2) is 158 Å². The van der Waals surface area contributed by atoms with Crippen LogP contribution >= 0.6 is 0 Å². The minimum atomic E-state index is -0.767. The smallest absolute Gasteiger partial charge is 0.162 e. The molecule has 0 spiro atoms. The molecule has 0 atom stereocenters. The molecule has 0 radical (unpaired) electrons. The summed E-state index contributed by atoms with van der Waals surface area (Å²) in [6.45, 7) is 32.3. The molecule has 0 saturated heterocycles. The minimum absolute atomic E-state index is 0. The van der Waals surface area contributed by atoms with Gasteiger partial charge in [0.25, 0.3) is 0 Å². The van der Waals surface area contributed by atoms with Crippen LogP contribution in [0.1, 0.15) is 226 Å². The lowest BCUT2D eigenvalue weighted by molar-refractivity contribution is 0.494. The van der Waals surface area contributed by atoms with Gasteiger partial charge in [0.05, 0.1) is 0 Å². The van der Waals surface area contributed by atoms with Crippen molar-refractivity contribution in [2.75, 3.05) is 0 Å². The molecular formula is C70H101F7. The van der Waals surface area contributed by atoms with E-state index in [0.717, 1.165) is 28.3 Å². The number of benzene rings is 7. The van der Waals surface area contributed by atoms with Gasteiger partial charge in [0.1, 0.15) is 29.1 Å². The summed E-state index contributed by atoms with van der Waals surface area (Å²) in [6.07, 6.45) is 0. The monoisotopic (exact) mass is 1070 g/mol. The molecule has 0 N–H and O–H groups in total. The summed E-state index contributed by atoms with van der Waals surface area (Å²) in [7, 11) is 0. The predicted molar refractivity (Wildman–Crippen MR) is 327 cm³/mol. The Balaban J connectivity index is -0.000000259. The predicted octanol–water partition coefficient (Wildman–Crippen LogP) is 24.4. The summed E-state index contributed by atoms with van der Waals surface area (Å²) in [6, 6.07) is 46.2. The number of halogens is 7. The molecule has 0 aliphatic heterocycles. The van der Waals surface area contributed by atoms with Gasteiger partial charge in [-0.25, -0.2) is 30.7 Å². The second-order valence-corrected chi connectivity index (χ2v) is 19.8. The topological polar surface area (TPSA) is 0 Å². The molecule has 0 aromatic heterocycles. The normalized spacial score (nSPS) is 9.79. The molecule has 0 nitrogen and oxygen atoms in total. The second-order valence-electron chi connectivity index (χ2n) is 19.8. The molecule has 7 rings (SSSR count). The van der Waals surface area contributed by atoms with E-state index in [-0.39, 0.29) is 77.9 Å². The van der Waals surface area contributed by atoms with Crippen LogP contribution in [-0.2, 0) is 0 Å². The second kappa shape index (κ2) is 42.1. The summed E-state index contributed by atoms with van der Waals surface area (Å²) in [4.78, 5) is 0. The van der Waals surface area contributed by atoms with Crippen molar-refractivity contribution in [3.05, 3.63) is 249 Å². The number of hydrogen-bond donors (Lipinski definition) is 0. The highest BCUT2D eigenvalue weighted by Gasteiger charge is 2.11. The fourth-order valence-corrected chi connectivity index (χ4v) is 6.72. The van der Waals surface area contributed by atoms with Gasteiger partial charge >= 0.3 is 0 Å². The molecule has 0 saturated carbocycles. The first kappa shape index (κ1) is 79.9.